The van der Waals surface area contributed by atoms with Crippen LogP contribution in [0.25, 0.3) is 0 Å². The van der Waals surface area contributed by atoms with Crippen LogP contribution in [0.1, 0.15) is 11.1 Å². The van der Waals surface area contributed by atoms with Gasteiger partial charge in [0, 0.05) is 10.0 Å². The van der Waals surface area contributed by atoms with Crippen molar-refractivity contribution >= 4 is 33.1 Å². The molecule has 0 heterocycles. The predicted octanol–water partition coefficient (Wildman–Crippen LogP) is 4.18. The third-order valence-corrected chi connectivity index (χ3v) is 3.31. The second-order valence-corrected chi connectivity index (χ2v) is 5.22. The van der Waals surface area contributed by atoms with Crippen molar-refractivity contribution < 1.29 is 4.74 Å². The lowest BCUT2D eigenvalue weighted by molar-refractivity contribution is 0.482. The van der Waals surface area contributed by atoms with Crippen molar-refractivity contribution in [2.75, 3.05) is 0 Å². The SMILES string of the molecule is Cc1cccc(Oc2ccc(C(N)=S)c(Br)c2)c1. The molecule has 0 aromatic heterocycles. The van der Waals surface area contributed by atoms with Crippen molar-refractivity contribution in [3.8, 4) is 11.5 Å². The van der Waals surface area contributed by atoms with E-state index in [9.17, 15) is 0 Å². The molecule has 2 N–H and O–H groups in total. The Balaban J connectivity index is 2.25. The second kappa shape index (κ2) is 5.50. The van der Waals surface area contributed by atoms with E-state index in [-0.39, 0.29) is 0 Å². The third kappa shape index (κ3) is 3.09. The first-order chi connectivity index (χ1) is 8.56. The molecule has 0 amide bonds. The van der Waals surface area contributed by atoms with Gasteiger partial charge in [0.2, 0.25) is 0 Å². The van der Waals surface area contributed by atoms with Crippen molar-refractivity contribution in [2.24, 2.45) is 5.73 Å². The molecule has 0 spiro atoms. The molecule has 92 valence electrons. The van der Waals surface area contributed by atoms with Crippen molar-refractivity contribution in [3.05, 3.63) is 58.1 Å². The van der Waals surface area contributed by atoms with Crippen LogP contribution >= 0.6 is 28.1 Å². The van der Waals surface area contributed by atoms with Gasteiger partial charge in [-0.25, -0.2) is 0 Å². The van der Waals surface area contributed by atoms with E-state index >= 15 is 0 Å². The molecule has 2 aromatic rings. The van der Waals surface area contributed by atoms with Gasteiger partial charge in [0.1, 0.15) is 16.5 Å². The van der Waals surface area contributed by atoms with E-state index < -0.39 is 0 Å². The molecule has 0 saturated heterocycles. The van der Waals surface area contributed by atoms with E-state index in [4.69, 9.17) is 22.7 Å². The van der Waals surface area contributed by atoms with Gasteiger partial charge in [0.25, 0.3) is 0 Å². The van der Waals surface area contributed by atoms with Gasteiger partial charge >= 0.3 is 0 Å². The van der Waals surface area contributed by atoms with Gasteiger partial charge in [-0.3, -0.25) is 0 Å². The molecule has 0 saturated carbocycles. The largest absolute Gasteiger partial charge is 0.457 e. The smallest absolute Gasteiger partial charge is 0.128 e. The molecule has 0 aliphatic heterocycles. The summed E-state index contributed by atoms with van der Waals surface area (Å²) in [6, 6.07) is 13.4. The number of aryl methyl sites for hydroxylation is 1. The van der Waals surface area contributed by atoms with E-state index in [1.807, 2.05) is 49.4 Å². The summed E-state index contributed by atoms with van der Waals surface area (Å²) in [4.78, 5) is 0.365. The summed E-state index contributed by atoms with van der Waals surface area (Å²) < 4.78 is 6.59. The lowest BCUT2D eigenvalue weighted by Gasteiger charge is -2.08. The van der Waals surface area contributed by atoms with E-state index in [2.05, 4.69) is 15.9 Å². The first-order valence-electron chi connectivity index (χ1n) is 5.40. The minimum atomic E-state index is 0.365. The van der Waals surface area contributed by atoms with Crippen molar-refractivity contribution in [1.29, 1.82) is 0 Å². The van der Waals surface area contributed by atoms with Crippen LogP contribution in [0.15, 0.2) is 46.9 Å². The Labute approximate surface area is 120 Å². The fraction of sp³-hybridized carbons (Fsp3) is 0.0714. The van der Waals surface area contributed by atoms with E-state index in [0.29, 0.717) is 4.99 Å². The maximum atomic E-state index is 5.76. The standard InChI is InChI=1S/C14H12BrNOS/c1-9-3-2-4-10(7-9)17-11-5-6-12(14(16)18)13(15)8-11/h2-8H,1H3,(H2,16,18). The second-order valence-electron chi connectivity index (χ2n) is 3.92. The fourth-order valence-electron chi connectivity index (χ4n) is 1.57. The Kier molecular flexibility index (Phi) is 3.99. The van der Waals surface area contributed by atoms with Crippen LogP contribution in [0, 0.1) is 6.92 Å². The van der Waals surface area contributed by atoms with Gasteiger partial charge in [-0.05, 0) is 58.7 Å². The highest BCUT2D eigenvalue weighted by molar-refractivity contribution is 9.10. The van der Waals surface area contributed by atoms with Crippen LogP contribution in [0.5, 0.6) is 11.5 Å². The molecule has 0 radical (unpaired) electrons. The summed E-state index contributed by atoms with van der Waals surface area (Å²) in [6.45, 7) is 2.03. The lowest BCUT2D eigenvalue weighted by atomic mass is 10.2. The number of rotatable bonds is 3. The summed E-state index contributed by atoms with van der Waals surface area (Å²) in [7, 11) is 0. The van der Waals surface area contributed by atoms with Crippen molar-refractivity contribution in [3.63, 3.8) is 0 Å². The van der Waals surface area contributed by atoms with Crippen molar-refractivity contribution in [1.82, 2.24) is 0 Å². The molecular weight excluding hydrogens is 310 g/mol. The Morgan fingerprint density at radius 2 is 1.89 bits per heavy atom. The number of benzene rings is 2. The molecule has 0 aliphatic carbocycles. The zero-order chi connectivity index (χ0) is 13.1. The normalized spacial score (nSPS) is 10.1. The summed E-state index contributed by atoms with van der Waals surface area (Å²) in [5, 5.41) is 0. The number of halogens is 1. The highest BCUT2D eigenvalue weighted by atomic mass is 79.9. The van der Waals surface area contributed by atoms with Gasteiger partial charge in [-0.2, -0.15) is 0 Å². The first-order valence-corrected chi connectivity index (χ1v) is 6.60. The quantitative estimate of drug-likeness (QED) is 0.861. The maximum Gasteiger partial charge on any atom is 0.128 e. The molecule has 0 unspecified atom stereocenters. The van der Waals surface area contributed by atoms with Gasteiger partial charge in [0.05, 0.1) is 0 Å². The Bertz CT molecular complexity index is 598. The monoisotopic (exact) mass is 321 g/mol. The molecule has 0 atom stereocenters. The van der Waals surface area contributed by atoms with Gasteiger partial charge in [-0.15, -0.1) is 0 Å². The van der Waals surface area contributed by atoms with Crippen molar-refractivity contribution in [2.45, 2.75) is 6.92 Å². The Hall–Kier alpha value is -1.39. The summed E-state index contributed by atoms with van der Waals surface area (Å²) >= 11 is 8.37. The number of thiocarbonyl (C=S) groups is 1. The molecule has 0 fully saturated rings. The third-order valence-electron chi connectivity index (χ3n) is 2.43. The zero-order valence-corrected chi connectivity index (χ0v) is 12.2. The summed E-state index contributed by atoms with van der Waals surface area (Å²) in [5.41, 5.74) is 7.56. The van der Waals surface area contributed by atoms with Crippen LogP contribution in [-0.4, -0.2) is 4.99 Å². The molecule has 2 rings (SSSR count). The average molecular weight is 322 g/mol. The number of nitrogens with two attached hydrogens (primary N) is 1. The fourth-order valence-corrected chi connectivity index (χ4v) is 2.45. The van der Waals surface area contributed by atoms with Crippen LogP contribution in [0.4, 0.5) is 0 Å². The molecule has 0 aliphatic rings. The highest BCUT2D eigenvalue weighted by Gasteiger charge is 2.05. The highest BCUT2D eigenvalue weighted by Crippen LogP contribution is 2.27. The van der Waals surface area contributed by atoms with Gasteiger partial charge < -0.3 is 10.5 Å². The Morgan fingerprint density at radius 1 is 1.17 bits per heavy atom. The van der Waals surface area contributed by atoms with E-state index in [1.165, 1.54) is 0 Å². The molecule has 0 bridgehead atoms. The molecule has 18 heavy (non-hydrogen) atoms. The molecular formula is C14H12BrNOS. The molecule has 2 aromatic carbocycles. The molecule has 4 heteroatoms. The van der Waals surface area contributed by atoms with Crippen LogP contribution < -0.4 is 10.5 Å². The average Bonchev–Trinajstić information content (AvgIpc) is 2.28. The number of hydrogen-bond donors (Lipinski definition) is 1. The van der Waals surface area contributed by atoms with Crippen LogP contribution in [0.3, 0.4) is 0 Å². The van der Waals surface area contributed by atoms with E-state index in [1.54, 1.807) is 0 Å². The number of ether oxygens (including phenoxy) is 1. The van der Waals surface area contributed by atoms with Gasteiger partial charge in [0.15, 0.2) is 0 Å². The first kappa shape index (κ1) is 13.1. The summed E-state index contributed by atoms with van der Waals surface area (Å²) in [6.07, 6.45) is 0. The maximum absolute atomic E-state index is 5.76. The minimum absolute atomic E-state index is 0.365. The predicted molar refractivity (Wildman–Crippen MR) is 81.3 cm³/mol. The lowest BCUT2D eigenvalue weighted by Crippen LogP contribution is -2.09. The van der Waals surface area contributed by atoms with E-state index in [0.717, 1.165) is 27.1 Å². The van der Waals surface area contributed by atoms with Crippen LogP contribution in [0.2, 0.25) is 0 Å². The van der Waals surface area contributed by atoms with Gasteiger partial charge in [-0.1, -0.05) is 24.4 Å². The Morgan fingerprint density at radius 3 is 2.50 bits per heavy atom. The van der Waals surface area contributed by atoms with Crippen LogP contribution in [-0.2, 0) is 0 Å². The molecule has 2 nitrogen and oxygen atoms in total. The minimum Gasteiger partial charge on any atom is -0.457 e. The zero-order valence-electron chi connectivity index (χ0n) is 9.81. The summed E-state index contributed by atoms with van der Waals surface area (Å²) in [5.74, 6) is 1.55. The topological polar surface area (TPSA) is 35.2 Å². The number of hydrogen-bond acceptors (Lipinski definition) is 2.